The van der Waals surface area contributed by atoms with Crippen molar-refractivity contribution in [3.05, 3.63) is 35.9 Å². The molecule has 3 heteroatoms. The third kappa shape index (κ3) is 2.20. The van der Waals surface area contributed by atoms with Crippen molar-refractivity contribution in [2.24, 2.45) is 5.73 Å². The van der Waals surface area contributed by atoms with Crippen LogP contribution in [-0.2, 0) is 15.3 Å². The molecule has 0 spiro atoms. The number of ether oxygens (including phenoxy) is 2. The van der Waals surface area contributed by atoms with Gasteiger partial charge in [0, 0.05) is 5.56 Å². The number of hydrogen-bond donors (Lipinski definition) is 1. The molecule has 0 bridgehead atoms. The highest BCUT2D eigenvalue weighted by atomic mass is 16.7. The number of nitrogens with two attached hydrogens (primary N) is 1. The standard InChI is InChI=1S/C12H17NO2/c1-12(10-5-3-2-4-6-10)14-9-11(15-12)7-8-13/h2-6,11H,7-9,13H2,1H3. The maximum absolute atomic E-state index is 5.87. The third-order valence-corrected chi connectivity index (χ3v) is 2.72. The van der Waals surface area contributed by atoms with Crippen molar-refractivity contribution in [1.82, 2.24) is 0 Å². The van der Waals surface area contributed by atoms with Crippen molar-refractivity contribution in [3.63, 3.8) is 0 Å². The number of hydrogen-bond acceptors (Lipinski definition) is 3. The van der Waals surface area contributed by atoms with E-state index in [0.29, 0.717) is 13.2 Å². The zero-order chi connectivity index (χ0) is 10.7. The minimum Gasteiger partial charge on any atom is -0.343 e. The van der Waals surface area contributed by atoms with E-state index in [4.69, 9.17) is 15.2 Å². The van der Waals surface area contributed by atoms with E-state index >= 15 is 0 Å². The molecule has 3 nitrogen and oxygen atoms in total. The molecule has 15 heavy (non-hydrogen) atoms. The summed E-state index contributed by atoms with van der Waals surface area (Å²) in [5.41, 5.74) is 6.56. The van der Waals surface area contributed by atoms with Crippen molar-refractivity contribution >= 4 is 0 Å². The van der Waals surface area contributed by atoms with Crippen LogP contribution in [0.4, 0.5) is 0 Å². The molecule has 0 aromatic heterocycles. The van der Waals surface area contributed by atoms with Gasteiger partial charge in [0.05, 0.1) is 12.7 Å². The van der Waals surface area contributed by atoms with E-state index in [1.807, 2.05) is 37.3 Å². The van der Waals surface area contributed by atoms with Gasteiger partial charge in [-0.05, 0) is 19.9 Å². The Morgan fingerprint density at radius 1 is 1.40 bits per heavy atom. The molecule has 2 atom stereocenters. The lowest BCUT2D eigenvalue weighted by Gasteiger charge is -2.23. The summed E-state index contributed by atoms with van der Waals surface area (Å²) in [5.74, 6) is -0.596. The molecule has 0 radical (unpaired) electrons. The zero-order valence-corrected chi connectivity index (χ0v) is 8.98. The fraction of sp³-hybridized carbons (Fsp3) is 0.500. The Morgan fingerprint density at radius 3 is 2.80 bits per heavy atom. The molecular formula is C12H17NO2. The number of benzene rings is 1. The van der Waals surface area contributed by atoms with Crippen molar-refractivity contribution < 1.29 is 9.47 Å². The van der Waals surface area contributed by atoms with Crippen molar-refractivity contribution in [1.29, 1.82) is 0 Å². The third-order valence-electron chi connectivity index (χ3n) is 2.72. The Kier molecular flexibility index (Phi) is 3.05. The van der Waals surface area contributed by atoms with Crippen LogP contribution in [0.25, 0.3) is 0 Å². The van der Waals surface area contributed by atoms with E-state index in [-0.39, 0.29) is 6.10 Å². The van der Waals surface area contributed by atoms with E-state index in [0.717, 1.165) is 12.0 Å². The SMILES string of the molecule is CC1(c2ccccc2)OCC(CCN)O1. The quantitative estimate of drug-likeness (QED) is 0.819. The summed E-state index contributed by atoms with van der Waals surface area (Å²) in [7, 11) is 0. The van der Waals surface area contributed by atoms with Crippen LogP contribution in [0.1, 0.15) is 18.9 Å². The highest BCUT2D eigenvalue weighted by Crippen LogP contribution is 2.34. The van der Waals surface area contributed by atoms with Crippen LogP contribution in [0.3, 0.4) is 0 Å². The van der Waals surface area contributed by atoms with Crippen LogP contribution < -0.4 is 5.73 Å². The van der Waals surface area contributed by atoms with Gasteiger partial charge in [-0.15, -0.1) is 0 Å². The highest BCUT2D eigenvalue weighted by molar-refractivity contribution is 5.20. The summed E-state index contributed by atoms with van der Waals surface area (Å²) in [6.07, 6.45) is 0.975. The lowest BCUT2D eigenvalue weighted by Crippen LogP contribution is -2.24. The maximum Gasteiger partial charge on any atom is 0.192 e. The first-order chi connectivity index (χ1) is 7.24. The van der Waals surface area contributed by atoms with E-state index in [9.17, 15) is 0 Å². The van der Waals surface area contributed by atoms with Crippen LogP contribution in [0.5, 0.6) is 0 Å². The second-order valence-electron chi connectivity index (χ2n) is 3.94. The molecular weight excluding hydrogens is 190 g/mol. The molecule has 2 N–H and O–H groups in total. The summed E-state index contributed by atoms with van der Waals surface area (Å²) < 4.78 is 11.6. The van der Waals surface area contributed by atoms with Crippen LogP contribution >= 0.6 is 0 Å². The monoisotopic (exact) mass is 207 g/mol. The lowest BCUT2D eigenvalue weighted by molar-refractivity contribution is -0.162. The largest absolute Gasteiger partial charge is 0.343 e. The Bertz CT molecular complexity index is 315. The molecule has 0 saturated carbocycles. The van der Waals surface area contributed by atoms with Crippen LogP contribution in [0, 0.1) is 0 Å². The Balaban J connectivity index is 2.10. The zero-order valence-electron chi connectivity index (χ0n) is 8.98. The average Bonchev–Trinajstić information content (AvgIpc) is 2.64. The van der Waals surface area contributed by atoms with Gasteiger partial charge in [-0.3, -0.25) is 0 Å². The first kappa shape index (κ1) is 10.6. The Morgan fingerprint density at radius 2 is 2.13 bits per heavy atom. The van der Waals surface area contributed by atoms with Gasteiger partial charge in [-0.25, -0.2) is 0 Å². The predicted molar refractivity (Wildman–Crippen MR) is 58.3 cm³/mol. The molecule has 1 fully saturated rings. The predicted octanol–water partition coefficient (Wildman–Crippen LogP) is 1.62. The van der Waals surface area contributed by atoms with E-state index in [2.05, 4.69) is 0 Å². The minimum absolute atomic E-state index is 0.125. The fourth-order valence-corrected chi connectivity index (χ4v) is 1.86. The average molecular weight is 207 g/mol. The first-order valence-electron chi connectivity index (χ1n) is 5.32. The smallest absolute Gasteiger partial charge is 0.192 e. The van der Waals surface area contributed by atoms with E-state index in [1.165, 1.54) is 0 Å². The molecule has 82 valence electrons. The van der Waals surface area contributed by atoms with Gasteiger partial charge in [-0.1, -0.05) is 30.3 Å². The topological polar surface area (TPSA) is 44.5 Å². The molecule has 1 aliphatic heterocycles. The highest BCUT2D eigenvalue weighted by Gasteiger charge is 2.38. The van der Waals surface area contributed by atoms with Crippen LogP contribution in [0.15, 0.2) is 30.3 Å². The van der Waals surface area contributed by atoms with Gasteiger partial charge in [0.1, 0.15) is 0 Å². The van der Waals surface area contributed by atoms with Crippen LogP contribution in [0.2, 0.25) is 0 Å². The summed E-state index contributed by atoms with van der Waals surface area (Å²) in [5, 5.41) is 0. The second-order valence-corrected chi connectivity index (χ2v) is 3.94. The summed E-state index contributed by atoms with van der Waals surface area (Å²) >= 11 is 0. The maximum atomic E-state index is 5.87. The summed E-state index contributed by atoms with van der Waals surface area (Å²) in [4.78, 5) is 0. The van der Waals surface area contributed by atoms with Crippen LogP contribution in [-0.4, -0.2) is 19.3 Å². The molecule has 1 aromatic carbocycles. The Hall–Kier alpha value is -0.900. The van der Waals surface area contributed by atoms with Gasteiger partial charge in [0.15, 0.2) is 5.79 Å². The second kappa shape index (κ2) is 4.31. The summed E-state index contributed by atoms with van der Waals surface area (Å²) in [6.45, 7) is 3.22. The number of rotatable bonds is 3. The van der Waals surface area contributed by atoms with Gasteiger partial charge in [0.2, 0.25) is 0 Å². The van der Waals surface area contributed by atoms with Gasteiger partial charge >= 0.3 is 0 Å². The Labute approximate surface area is 90.2 Å². The molecule has 1 heterocycles. The van der Waals surface area contributed by atoms with Crippen molar-refractivity contribution in [2.75, 3.05) is 13.2 Å². The van der Waals surface area contributed by atoms with E-state index in [1.54, 1.807) is 0 Å². The normalized spacial score (nSPS) is 30.7. The lowest BCUT2D eigenvalue weighted by atomic mass is 10.1. The van der Waals surface area contributed by atoms with Crippen molar-refractivity contribution in [3.8, 4) is 0 Å². The molecule has 1 aromatic rings. The fourth-order valence-electron chi connectivity index (χ4n) is 1.86. The molecule has 0 amide bonds. The van der Waals surface area contributed by atoms with Gasteiger partial charge < -0.3 is 15.2 Å². The van der Waals surface area contributed by atoms with Gasteiger partial charge in [-0.2, -0.15) is 0 Å². The van der Waals surface area contributed by atoms with Gasteiger partial charge in [0.25, 0.3) is 0 Å². The van der Waals surface area contributed by atoms with Crippen molar-refractivity contribution in [2.45, 2.75) is 25.2 Å². The van der Waals surface area contributed by atoms with E-state index < -0.39 is 5.79 Å². The molecule has 2 unspecified atom stereocenters. The molecule has 0 aliphatic carbocycles. The minimum atomic E-state index is -0.596. The molecule has 1 saturated heterocycles. The first-order valence-corrected chi connectivity index (χ1v) is 5.32. The summed E-state index contributed by atoms with van der Waals surface area (Å²) in [6, 6.07) is 10.0. The molecule has 1 aliphatic rings. The molecule has 2 rings (SSSR count).